The lowest BCUT2D eigenvalue weighted by Crippen LogP contribution is -2.06. The van der Waals surface area contributed by atoms with Gasteiger partial charge in [-0.1, -0.05) is 0 Å². The van der Waals surface area contributed by atoms with Crippen molar-refractivity contribution in [3.63, 3.8) is 0 Å². The van der Waals surface area contributed by atoms with Crippen molar-refractivity contribution >= 4 is 32.7 Å². The zero-order valence-electron chi connectivity index (χ0n) is 10.9. The van der Waals surface area contributed by atoms with E-state index in [4.69, 9.17) is 9.52 Å². The van der Waals surface area contributed by atoms with Gasteiger partial charge in [-0.25, -0.2) is 4.79 Å². The SMILES string of the molecule is CCn1nc(C)c(Br)c1CS(=O)c1ccc(C(=O)O)o1. The highest BCUT2D eigenvalue weighted by Crippen LogP contribution is 2.24. The lowest BCUT2D eigenvalue weighted by molar-refractivity contribution is 0.0656. The van der Waals surface area contributed by atoms with E-state index in [0.29, 0.717) is 6.54 Å². The molecule has 1 unspecified atom stereocenters. The number of aromatic nitrogens is 2. The Balaban J connectivity index is 2.25. The van der Waals surface area contributed by atoms with Crippen LogP contribution in [0.4, 0.5) is 0 Å². The Hall–Kier alpha value is -1.41. The number of hydrogen-bond donors (Lipinski definition) is 1. The van der Waals surface area contributed by atoms with Crippen molar-refractivity contribution in [1.29, 1.82) is 0 Å². The van der Waals surface area contributed by atoms with E-state index in [1.807, 2.05) is 13.8 Å². The topological polar surface area (TPSA) is 85.3 Å². The quantitative estimate of drug-likeness (QED) is 0.885. The summed E-state index contributed by atoms with van der Waals surface area (Å²) in [7, 11) is -1.46. The van der Waals surface area contributed by atoms with E-state index >= 15 is 0 Å². The Morgan fingerprint density at radius 3 is 2.80 bits per heavy atom. The highest BCUT2D eigenvalue weighted by atomic mass is 79.9. The molecule has 1 atom stereocenters. The second-order valence-corrected chi connectivity index (χ2v) is 6.25. The molecule has 6 nitrogen and oxygen atoms in total. The summed E-state index contributed by atoms with van der Waals surface area (Å²) in [4.78, 5) is 10.7. The average Bonchev–Trinajstić information content (AvgIpc) is 2.99. The van der Waals surface area contributed by atoms with Crippen molar-refractivity contribution in [2.75, 3.05) is 0 Å². The van der Waals surface area contributed by atoms with E-state index in [1.54, 1.807) is 4.68 Å². The van der Waals surface area contributed by atoms with Crippen LogP contribution in [-0.4, -0.2) is 25.1 Å². The van der Waals surface area contributed by atoms with Gasteiger partial charge in [-0.15, -0.1) is 0 Å². The Kier molecular flexibility index (Phi) is 4.44. The van der Waals surface area contributed by atoms with Gasteiger partial charge in [0.15, 0.2) is 5.09 Å². The maximum atomic E-state index is 12.2. The molecule has 8 heteroatoms. The van der Waals surface area contributed by atoms with Crippen molar-refractivity contribution < 1.29 is 18.5 Å². The summed E-state index contributed by atoms with van der Waals surface area (Å²) in [5.41, 5.74) is 1.63. The van der Waals surface area contributed by atoms with Gasteiger partial charge < -0.3 is 9.52 Å². The summed E-state index contributed by atoms with van der Waals surface area (Å²) in [6.45, 7) is 4.47. The molecule has 0 saturated heterocycles. The highest BCUT2D eigenvalue weighted by molar-refractivity contribution is 9.10. The first kappa shape index (κ1) is 15.0. The van der Waals surface area contributed by atoms with Crippen LogP contribution in [0.15, 0.2) is 26.1 Å². The number of carboxylic acids is 1. The van der Waals surface area contributed by atoms with Gasteiger partial charge in [0.1, 0.15) is 0 Å². The largest absolute Gasteiger partial charge is 0.475 e. The van der Waals surface area contributed by atoms with Gasteiger partial charge >= 0.3 is 5.97 Å². The van der Waals surface area contributed by atoms with Gasteiger partial charge in [-0.05, 0) is 41.9 Å². The number of nitrogens with zero attached hydrogens (tertiary/aromatic N) is 2. The van der Waals surface area contributed by atoms with Crippen molar-refractivity contribution in [2.45, 2.75) is 31.2 Å². The molecule has 0 aliphatic carbocycles. The molecule has 2 aromatic heterocycles. The van der Waals surface area contributed by atoms with E-state index in [0.717, 1.165) is 15.9 Å². The number of carbonyl (C=O) groups is 1. The molecular formula is C12H13BrN2O4S. The van der Waals surface area contributed by atoms with E-state index < -0.39 is 16.8 Å². The smallest absolute Gasteiger partial charge is 0.371 e. The first-order valence-corrected chi connectivity index (χ1v) is 7.98. The molecule has 0 aliphatic heterocycles. The molecule has 0 fully saturated rings. The molecule has 20 heavy (non-hydrogen) atoms. The van der Waals surface area contributed by atoms with E-state index in [1.165, 1.54) is 12.1 Å². The predicted molar refractivity (Wildman–Crippen MR) is 76.1 cm³/mol. The molecular weight excluding hydrogens is 348 g/mol. The van der Waals surface area contributed by atoms with Crippen LogP contribution in [0.25, 0.3) is 0 Å². The lowest BCUT2D eigenvalue weighted by Gasteiger charge is -2.04. The molecule has 1 N–H and O–H groups in total. The second kappa shape index (κ2) is 5.92. The lowest BCUT2D eigenvalue weighted by atomic mass is 10.4. The molecule has 0 radical (unpaired) electrons. The van der Waals surface area contributed by atoms with E-state index in [9.17, 15) is 9.00 Å². The number of furan rings is 1. The molecule has 0 aliphatic rings. The highest BCUT2D eigenvalue weighted by Gasteiger charge is 2.19. The van der Waals surface area contributed by atoms with Gasteiger partial charge in [0.25, 0.3) is 0 Å². The molecule has 2 aromatic rings. The summed E-state index contributed by atoms with van der Waals surface area (Å²) >= 11 is 3.43. The minimum Gasteiger partial charge on any atom is -0.475 e. The van der Waals surface area contributed by atoms with Gasteiger partial charge in [-0.3, -0.25) is 8.89 Å². The van der Waals surface area contributed by atoms with Crippen molar-refractivity contribution in [1.82, 2.24) is 9.78 Å². The molecule has 2 rings (SSSR count). The summed E-state index contributed by atoms with van der Waals surface area (Å²) in [5.74, 6) is -1.18. The van der Waals surface area contributed by atoms with Crippen LogP contribution < -0.4 is 0 Å². The fourth-order valence-electron chi connectivity index (χ4n) is 1.76. The fourth-order valence-corrected chi connectivity index (χ4v) is 3.46. The molecule has 0 aromatic carbocycles. The first-order valence-electron chi connectivity index (χ1n) is 5.87. The number of rotatable bonds is 5. The zero-order valence-corrected chi connectivity index (χ0v) is 13.3. The monoisotopic (exact) mass is 360 g/mol. The Morgan fingerprint density at radius 1 is 1.55 bits per heavy atom. The van der Waals surface area contributed by atoms with Crippen LogP contribution in [0.5, 0.6) is 0 Å². The van der Waals surface area contributed by atoms with Crippen LogP contribution in [0, 0.1) is 6.92 Å². The Bertz CT molecular complexity index is 677. The predicted octanol–water partition coefficient (Wildman–Crippen LogP) is 2.57. The standard InChI is InChI=1S/C12H13BrN2O4S/c1-3-15-8(11(13)7(2)14-15)6-20(18)10-5-4-9(19-10)12(16)17/h4-5H,3,6H2,1-2H3,(H,16,17). The minimum absolute atomic E-state index is 0.149. The average molecular weight is 361 g/mol. The van der Waals surface area contributed by atoms with Crippen LogP contribution >= 0.6 is 15.9 Å². The molecule has 0 saturated carbocycles. The maximum Gasteiger partial charge on any atom is 0.371 e. The van der Waals surface area contributed by atoms with Crippen molar-refractivity contribution in [3.05, 3.63) is 33.8 Å². The first-order chi connectivity index (χ1) is 9.43. The third-order valence-corrected chi connectivity index (χ3v) is 4.97. The summed E-state index contributed by atoms with van der Waals surface area (Å²) in [5, 5.41) is 13.3. The van der Waals surface area contributed by atoms with Crippen LogP contribution in [-0.2, 0) is 23.1 Å². The minimum atomic E-state index is -1.46. The normalized spacial score (nSPS) is 12.6. The van der Waals surface area contributed by atoms with Crippen molar-refractivity contribution in [2.24, 2.45) is 0 Å². The molecule has 0 bridgehead atoms. The molecule has 0 spiro atoms. The number of aryl methyl sites for hydroxylation is 2. The summed E-state index contributed by atoms with van der Waals surface area (Å²) < 4.78 is 19.9. The Morgan fingerprint density at radius 2 is 2.25 bits per heavy atom. The third kappa shape index (κ3) is 2.85. The number of halogens is 1. The number of carboxylic acid groups (broad SMARTS) is 1. The van der Waals surface area contributed by atoms with Crippen LogP contribution in [0.1, 0.15) is 28.9 Å². The maximum absolute atomic E-state index is 12.2. The second-order valence-electron chi connectivity index (χ2n) is 4.08. The van der Waals surface area contributed by atoms with Crippen LogP contribution in [0.3, 0.4) is 0 Å². The summed E-state index contributed by atoms with van der Waals surface area (Å²) in [6.07, 6.45) is 0. The fraction of sp³-hybridized carbons (Fsp3) is 0.333. The molecule has 0 amide bonds. The van der Waals surface area contributed by atoms with E-state index in [-0.39, 0.29) is 16.6 Å². The van der Waals surface area contributed by atoms with Crippen LogP contribution in [0.2, 0.25) is 0 Å². The number of aromatic carboxylic acids is 1. The summed E-state index contributed by atoms with van der Waals surface area (Å²) in [6, 6.07) is 2.72. The zero-order chi connectivity index (χ0) is 14.9. The van der Waals surface area contributed by atoms with Gasteiger partial charge in [-0.2, -0.15) is 5.10 Å². The third-order valence-electron chi connectivity index (χ3n) is 2.74. The van der Waals surface area contributed by atoms with Gasteiger partial charge in [0, 0.05) is 6.54 Å². The number of hydrogen-bond acceptors (Lipinski definition) is 4. The van der Waals surface area contributed by atoms with E-state index in [2.05, 4.69) is 21.0 Å². The van der Waals surface area contributed by atoms with Gasteiger partial charge in [0.2, 0.25) is 5.76 Å². The molecule has 2 heterocycles. The Labute approximate surface area is 126 Å². The molecule has 108 valence electrons. The van der Waals surface area contributed by atoms with Gasteiger partial charge in [0.05, 0.1) is 32.4 Å². The van der Waals surface area contributed by atoms with Crippen molar-refractivity contribution in [3.8, 4) is 0 Å².